The van der Waals surface area contributed by atoms with Gasteiger partial charge in [-0.15, -0.1) is 11.3 Å². The van der Waals surface area contributed by atoms with E-state index in [4.69, 9.17) is 4.74 Å². The number of hydrogen-bond donors (Lipinski definition) is 0. The SMILES string of the molecule is Cc1sc(Br)cc1S(=O)(=O)N(C)CCOC(C)C. The molecule has 1 aromatic heterocycles. The van der Waals surface area contributed by atoms with Crippen LogP contribution in [0.5, 0.6) is 0 Å². The summed E-state index contributed by atoms with van der Waals surface area (Å²) in [6.07, 6.45) is 0.109. The van der Waals surface area contributed by atoms with Crippen LogP contribution in [0.3, 0.4) is 0 Å². The predicted molar refractivity (Wildman–Crippen MR) is 77.7 cm³/mol. The molecule has 0 aliphatic carbocycles. The second kappa shape index (κ2) is 6.47. The fraction of sp³-hybridized carbons (Fsp3) is 0.636. The minimum absolute atomic E-state index is 0.109. The summed E-state index contributed by atoms with van der Waals surface area (Å²) >= 11 is 4.73. The Bertz CT molecular complexity index is 496. The van der Waals surface area contributed by atoms with Gasteiger partial charge in [0.25, 0.3) is 0 Å². The van der Waals surface area contributed by atoms with Crippen molar-refractivity contribution >= 4 is 37.3 Å². The second-order valence-electron chi connectivity index (χ2n) is 4.22. The first-order valence-electron chi connectivity index (χ1n) is 5.59. The molecule has 1 heterocycles. The van der Waals surface area contributed by atoms with Crippen LogP contribution in [0.15, 0.2) is 14.7 Å². The summed E-state index contributed by atoms with van der Waals surface area (Å²) in [6.45, 7) is 6.41. The third kappa shape index (κ3) is 4.03. The zero-order valence-corrected chi connectivity index (χ0v) is 14.2. The molecule has 0 aliphatic heterocycles. The van der Waals surface area contributed by atoms with E-state index in [0.29, 0.717) is 18.0 Å². The lowest BCUT2D eigenvalue weighted by Gasteiger charge is -2.17. The standard InChI is InChI=1S/C11H18BrNO3S2/c1-8(2)16-6-5-13(4)18(14,15)10-7-11(12)17-9(10)3/h7-8H,5-6H2,1-4H3. The van der Waals surface area contributed by atoms with E-state index in [1.54, 1.807) is 20.0 Å². The van der Waals surface area contributed by atoms with Crippen molar-refractivity contribution in [1.29, 1.82) is 0 Å². The molecule has 0 spiro atoms. The molecule has 0 bridgehead atoms. The number of aryl methyl sites for hydroxylation is 1. The van der Waals surface area contributed by atoms with Gasteiger partial charge in [0.1, 0.15) is 0 Å². The highest BCUT2D eigenvalue weighted by atomic mass is 79.9. The maximum Gasteiger partial charge on any atom is 0.244 e. The molecular formula is C11H18BrNO3S2. The fourth-order valence-electron chi connectivity index (χ4n) is 1.39. The highest BCUT2D eigenvalue weighted by molar-refractivity contribution is 9.11. The van der Waals surface area contributed by atoms with Crippen LogP contribution in [-0.2, 0) is 14.8 Å². The summed E-state index contributed by atoms with van der Waals surface area (Å²) in [5.74, 6) is 0. The molecule has 0 aliphatic rings. The van der Waals surface area contributed by atoms with Crippen molar-refractivity contribution in [2.24, 2.45) is 0 Å². The van der Waals surface area contributed by atoms with Crippen molar-refractivity contribution in [3.8, 4) is 0 Å². The molecule has 0 aromatic carbocycles. The van der Waals surface area contributed by atoms with Crippen molar-refractivity contribution in [1.82, 2.24) is 4.31 Å². The van der Waals surface area contributed by atoms with Gasteiger partial charge in [-0.05, 0) is 42.8 Å². The molecule has 0 N–H and O–H groups in total. The Morgan fingerprint density at radius 1 is 1.50 bits per heavy atom. The number of halogens is 1. The summed E-state index contributed by atoms with van der Waals surface area (Å²) in [5.41, 5.74) is 0. The first kappa shape index (κ1) is 16.1. The molecule has 18 heavy (non-hydrogen) atoms. The van der Waals surface area contributed by atoms with Gasteiger partial charge in [0.05, 0.1) is 21.4 Å². The molecule has 0 radical (unpaired) electrons. The third-order valence-corrected chi connectivity index (χ3v) is 6.05. The Hall–Kier alpha value is 0.0500. The number of rotatable bonds is 6. The Morgan fingerprint density at radius 3 is 2.56 bits per heavy atom. The van der Waals surface area contributed by atoms with E-state index in [1.165, 1.54) is 15.6 Å². The van der Waals surface area contributed by atoms with Gasteiger partial charge in [-0.3, -0.25) is 0 Å². The molecule has 104 valence electrons. The van der Waals surface area contributed by atoms with E-state index in [9.17, 15) is 8.42 Å². The normalized spacial score (nSPS) is 12.6. The van der Waals surface area contributed by atoms with Crippen LogP contribution in [0, 0.1) is 6.92 Å². The zero-order valence-electron chi connectivity index (χ0n) is 10.9. The summed E-state index contributed by atoms with van der Waals surface area (Å²) in [7, 11) is -1.84. The summed E-state index contributed by atoms with van der Waals surface area (Å²) < 4.78 is 32.1. The summed E-state index contributed by atoms with van der Waals surface area (Å²) in [4.78, 5) is 1.16. The molecular weight excluding hydrogens is 338 g/mol. The first-order valence-corrected chi connectivity index (χ1v) is 8.64. The minimum Gasteiger partial charge on any atom is -0.377 e. The van der Waals surface area contributed by atoms with Crippen LogP contribution < -0.4 is 0 Å². The Kier molecular flexibility index (Phi) is 5.79. The molecule has 0 atom stereocenters. The van der Waals surface area contributed by atoms with Crippen molar-refractivity contribution < 1.29 is 13.2 Å². The van der Waals surface area contributed by atoms with Crippen molar-refractivity contribution in [3.05, 3.63) is 14.7 Å². The second-order valence-corrected chi connectivity index (χ2v) is 8.87. The van der Waals surface area contributed by atoms with Crippen LogP contribution >= 0.6 is 27.3 Å². The largest absolute Gasteiger partial charge is 0.377 e. The quantitative estimate of drug-likeness (QED) is 0.788. The average molecular weight is 356 g/mol. The van der Waals surface area contributed by atoms with E-state index < -0.39 is 10.0 Å². The van der Waals surface area contributed by atoms with Crippen LogP contribution in [0.25, 0.3) is 0 Å². The van der Waals surface area contributed by atoms with E-state index in [0.717, 1.165) is 8.66 Å². The predicted octanol–water partition coefficient (Wildman–Crippen LogP) is 2.86. The Balaban J connectivity index is 2.77. The topological polar surface area (TPSA) is 46.6 Å². The van der Waals surface area contributed by atoms with Crippen LogP contribution in [0.2, 0.25) is 0 Å². The van der Waals surface area contributed by atoms with Crippen LogP contribution in [-0.4, -0.2) is 39.0 Å². The van der Waals surface area contributed by atoms with Gasteiger partial charge in [-0.25, -0.2) is 8.42 Å². The molecule has 0 unspecified atom stereocenters. The lowest BCUT2D eigenvalue weighted by atomic mass is 10.5. The molecule has 4 nitrogen and oxygen atoms in total. The van der Waals surface area contributed by atoms with E-state index in [2.05, 4.69) is 15.9 Å². The average Bonchev–Trinajstić information content (AvgIpc) is 2.57. The highest BCUT2D eigenvalue weighted by Gasteiger charge is 2.24. The van der Waals surface area contributed by atoms with Gasteiger partial charge in [-0.2, -0.15) is 4.31 Å². The monoisotopic (exact) mass is 355 g/mol. The fourth-order valence-corrected chi connectivity index (χ4v) is 4.93. The van der Waals surface area contributed by atoms with E-state index in [-0.39, 0.29) is 6.10 Å². The zero-order chi connectivity index (χ0) is 13.9. The number of sulfonamides is 1. The minimum atomic E-state index is -3.41. The van der Waals surface area contributed by atoms with Gasteiger partial charge >= 0.3 is 0 Å². The van der Waals surface area contributed by atoms with Gasteiger partial charge in [0, 0.05) is 18.5 Å². The number of nitrogens with zero attached hydrogens (tertiary/aromatic N) is 1. The third-order valence-electron chi connectivity index (χ3n) is 2.39. The molecule has 0 saturated carbocycles. The molecule has 7 heteroatoms. The smallest absolute Gasteiger partial charge is 0.244 e. The molecule has 1 rings (SSSR count). The number of thiophene rings is 1. The molecule has 0 fully saturated rings. The molecule has 0 saturated heterocycles. The van der Waals surface area contributed by atoms with E-state index >= 15 is 0 Å². The Labute approximate surface area is 121 Å². The van der Waals surface area contributed by atoms with Gasteiger partial charge < -0.3 is 4.74 Å². The molecule has 0 amide bonds. The van der Waals surface area contributed by atoms with Gasteiger partial charge in [0.2, 0.25) is 10.0 Å². The molecule has 1 aromatic rings. The summed E-state index contributed by atoms with van der Waals surface area (Å²) in [6, 6.07) is 1.65. The van der Waals surface area contributed by atoms with Crippen LogP contribution in [0.4, 0.5) is 0 Å². The lowest BCUT2D eigenvalue weighted by molar-refractivity contribution is 0.0737. The van der Waals surface area contributed by atoms with Crippen molar-refractivity contribution in [3.63, 3.8) is 0 Å². The number of ether oxygens (including phenoxy) is 1. The summed E-state index contributed by atoms with van der Waals surface area (Å²) in [5, 5.41) is 0. The van der Waals surface area contributed by atoms with Gasteiger partial charge in [0.15, 0.2) is 0 Å². The maximum absolute atomic E-state index is 12.3. The number of likely N-dealkylation sites (N-methyl/N-ethyl adjacent to an activating group) is 1. The van der Waals surface area contributed by atoms with Crippen molar-refractivity contribution in [2.75, 3.05) is 20.2 Å². The Morgan fingerprint density at radius 2 is 2.11 bits per heavy atom. The first-order chi connectivity index (χ1) is 8.25. The van der Waals surface area contributed by atoms with E-state index in [1.807, 2.05) is 13.8 Å². The maximum atomic E-state index is 12.3. The van der Waals surface area contributed by atoms with Crippen molar-refractivity contribution in [2.45, 2.75) is 31.8 Å². The van der Waals surface area contributed by atoms with Gasteiger partial charge in [-0.1, -0.05) is 0 Å². The number of hydrogen-bond acceptors (Lipinski definition) is 4. The highest BCUT2D eigenvalue weighted by Crippen LogP contribution is 2.31. The van der Waals surface area contributed by atoms with Crippen LogP contribution in [0.1, 0.15) is 18.7 Å². The lowest BCUT2D eigenvalue weighted by Crippen LogP contribution is -2.31.